The first-order valence-electron chi connectivity index (χ1n) is 6.52. The number of carboxylic acids is 1. The standard InChI is InChI=1S/C15H18N2O2S/c1-3-15(2,14-16-8-9-20-14)17-10-11-4-6-12(7-5-11)13(18)19/h4-9,17H,3,10H2,1-2H3,(H,18,19). The van der Waals surface area contributed by atoms with E-state index in [4.69, 9.17) is 5.11 Å². The molecule has 1 aromatic heterocycles. The highest BCUT2D eigenvalue weighted by Crippen LogP contribution is 2.26. The Kier molecular flexibility index (Phi) is 4.52. The smallest absolute Gasteiger partial charge is 0.335 e. The van der Waals surface area contributed by atoms with Crippen molar-refractivity contribution in [3.05, 3.63) is 52.0 Å². The van der Waals surface area contributed by atoms with Gasteiger partial charge in [-0.1, -0.05) is 19.1 Å². The average molecular weight is 290 g/mol. The van der Waals surface area contributed by atoms with Crippen molar-refractivity contribution in [2.75, 3.05) is 0 Å². The lowest BCUT2D eigenvalue weighted by Gasteiger charge is -2.27. The minimum atomic E-state index is -0.898. The Bertz CT molecular complexity index is 566. The molecule has 4 nitrogen and oxygen atoms in total. The van der Waals surface area contributed by atoms with Crippen molar-refractivity contribution in [1.29, 1.82) is 0 Å². The van der Waals surface area contributed by atoms with E-state index in [0.29, 0.717) is 12.1 Å². The first kappa shape index (κ1) is 14.7. The molecule has 2 N–H and O–H groups in total. The minimum Gasteiger partial charge on any atom is -0.478 e. The largest absolute Gasteiger partial charge is 0.478 e. The first-order chi connectivity index (χ1) is 9.55. The summed E-state index contributed by atoms with van der Waals surface area (Å²) in [6, 6.07) is 6.95. The van der Waals surface area contributed by atoms with Gasteiger partial charge in [0.15, 0.2) is 0 Å². The molecule has 0 aliphatic rings. The van der Waals surface area contributed by atoms with Gasteiger partial charge in [-0.05, 0) is 31.0 Å². The van der Waals surface area contributed by atoms with Crippen LogP contribution in [0, 0.1) is 0 Å². The molecule has 1 unspecified atom stereocenters. The normalized spacial score (nSPS) is 13.9. The first-order valence-corrected chi connectivity index (χ1v) is 7.40. The minimum absolute atomic E-state index is 0.153. The van der Waals surface area contributed by atoms with Crippen LogP contribution < -0.4 is 5.32 Å². The molecule has 0 spiro atoms. The maximum absolute atomic E-state index is 10.8. The third-order valence-corrected chi connectivity index (χ3v) is 4.53. The number of nitrogens with one attached hydrogen (secondary N) is 1. The molecule has 5 heteroatoms. The third-order valence-electron chi connectivity index (χ3n) is 3.50. The summed E-state index contributed by atoms with van der Waals surface area (Å²) in [6.45, 7) is 4.95. The molecule has 1 heterocycles. The van der Waals surface area contributed by atoms with Crippen LogP contribution in [0.2, 0.25) is 0 Å². The summed E-state index contributed by atoms with van der Waals surface area (Å²) < 4.78 is 0. The monoisotopic (exact) mass is 290 g/mol. The van der Waals surface area contributed by atoms with E-state index in [1.807, 2.05) is 23.7 Å². The molecule has 1 aromatic carbocycles. The number of carbonyl (C=O) groups is 1. The Labute approximate surface area is 122 Å². The van der Waals surface area contributed by atoms with Gasteiger partial charge in [0.25, 0.3) is 0 Å². The van der Waals surface area contributed by atoms with E-state index in [2.05, 4.69) is 24.1 Å². The van der Waals surface area contributed by atoms with Gasteiger partial charge >= 0.3 is 5.97 Å². The molecule has 1 atom stereocenters. The van der Waals surface area contributed by atoms with Crippen LogP contribution in [0.25, 0.3) is 0 Å². The topological polar surface area (TPSA) is 62.2 Å². The van der Waals surface area contributed by atoms with Crippen LogP contribution in [-0.4, -0.2) is 16.1 Å². The number of hydrogen-bond acceptors (Lipinski definition) is 4. The fraction of sp³-hybridized carbons (Fsp3) is 0.333. The lowest BCUT2D eigenvalue weighted by Crippen LogP contribution is -2.38. The zero-order valence-electron chi connectivity index (χ0n) is 11.6. The van der Waals surface area contributed by atoms with Crippen LogP contribution >= 0.6 is 11.3 Å². The van der Waals surface area contributed by atoms with Crippen molar-refractivity contribution in [3.63, 3.8) is 0 Å². The number of aromatic carboxylic acids is 1. The van der Waals surface area contributed by atoms with E-state index in [0.717, 1.165) is 17.0 Å². The Hall–Kier alpha value is -1.72. The number of carboxylic acid groups (broad SMARTS) is 1. The molecule has 0 amide bonds. The quantitative estimate of drug-likeness (QED) is 0.857. The van der Waals surface area contributed by atoms with Crippen LogP contribution in [-0.2, 0) is 12.1 Å². The highest BCUT2D eigenvalue weighted by atomic mass is 32.1. The molecule has 106 valence electrons. The molecule has 2 rings (SSSR count). The lowest BCUT2D eigenvalue weighted by atomic mass is 9.99. The summed E-state index contributed by atoms with van der Waals surface area (Å²) in [5, 5.41) is 15.4. The van der Waals surface area contributed by atoms with Crippen LogP contribution in [0.15, 0.2) is 35.8 Å². The summed E-state index contributed by atoms with van der Waals surface area (Å²) in [5.74, 6) is -0.898. The van der Waals surface area contributed by atoms with Gasteiger partial charge in [-0.25, -0.2) is 9.78 Å². The number of rotatable bonds is 6. The predicted octanol–water partition coefficient (Wildman–Crippen LogP) is 3.26. The van der Waals surface area contributed by atoms with Crippen molar-refractivity contribution >= 4 is 17.3 Å². The highest BCUT2D eigenvalue weighted by molar-refractivity contribution is 7.09. The molecule has 0 saturated heterocycles. The SMILES string of the molecule is CCC(C)(NCc1ccc(C(=O)O)cc1)c1nccs1. The predicted molar refractivity (Wildman–Crippen MR) is 80.0 cm³/mol. The Morgan fingerprint density at radius 2 is 2.10 bits per heavy atom. The van der Waals surface area contributed by atoms with Gasteiger partial charge in [-0.3, -0.25) is 0 Å². The van der Waals surface area contributed by atoms with E-state index in [9.17, 15) is 4.79 Å². The van der Waals surface area contributed by atoms with Crippen molar-refractivity contribution < 1.29 is 9.90 Å². The van der Waals surface area contributed by atoms with Gasteiger partial charge in [-0.2, -0.15) is 0 Å². The average Bonchev–Trinajstić information content (AvgIpc) is 3.00. The van der Waals surface area contributed by atoms with Gasteiger partial charge < -0.3 is 10.4 Å². The maximum Gasteiger partial charge on any atom is 0.335 e. The molecule has 0 aliphatic carbocycles. The second-order valence-corrected chi connectivity index (χ2v) is 5.77. The van der Waals surface area contributed by atoms with Crippen LogP contribution in [0.3, 0.4) is 0 Å². The second kappa shape index (κ2) is 6.15. The van der Waals surface area contributed by atoms with Crippen molar-refractivity contribution in [3.8, 4) is 0 Å². The van der Waals surface area contributed by atoms with E-state index < -0.39 is 5.97 Å². The summed E-state index contributed by atoms with van der Waals surface area (Å²) in [7, 11) is 0. The maximum atomic E-state index is 10.8. The van der Waals surface area contributed by atoms with E-state index >= 15 is 0 Å². The zero-order chi connectivity index (χ0) is 14.6. The summed E-state index contributed by atoms with van der Waals surface area (Å²) in [4.78, 5) is 15.2. The van der Waals surface area contributed by atoms with Crippen LogP contribution in [0.5, 0.6) is 0 Å². The summed E-state index contributed by atoms with van der Waals surface area (Å²) >= 11 is 1.64. The summed E-state index contributed by atoms with van der Waals surface area (Å²) in [5.41, 5.74) is 1.22. The number of benzene rings is 1. The van der Waals surface area contributed by atoms with Gasteiger partial charge in [-0.15, -0.1) is 11.3 Å². The lowest BCUT2D eigenvalue weighted by molar-refractivity contribution is 0.0697. The van der Waals surface area contributed by atoms with E-state index in [1.165, 1.54) is 0 Å². The fourth-order valence-electron chi connectivity index (χ4n) is 1.91. The van der Waals surface area contributed by atoms with Gasteiger partial charge in [0.05, 0.1) is 11.1 Å². The van der Waals surface area contributed by atoms with E-state index in [-0.39, 0.29) is 5.54 Å². The molecule has 0 saturated carbocycles. The molecule has 0 radical (unpaired) electrons. The molecular weight excluding hydrogens is 272 g/mol. The molecule has 0 bridgehead atoms. The highest BCUT2D eigenvalue weighted by Gasteiger charge is 2.26. The summed E-state index contributed by atoms with van der Waals surface area (Å²) in [6.07, 6.45) is 2.75. The Morgan fingerprint density at radius 1 is 1.40 bits per heavy atom. The second-order valence-electron chi connectivity index (χ2n) is 4.88. The van der Waals surface area contributed by atoms with Crippen molar-refractivity contribution in [2.24, 2.45) is 0 Å². The van der Waals surface area contributed by atoms with Crippen molar-refractivity contribution in [2.45, 2.75) is 32.4 Å². The molecular formula is C15H18N2O2S. The van der Waals surface area contributed by atoms with Crippen molar-refractivity contribution in [1.82, 2.24) is 10.3 Å². The van der Waals surface area contributed by atoms with Crippen LogP contribution in [0.4, 0.5) is 0 Å². The van der Waals surface area contributed by atoms with Gasteiger partial charge in [0, 0.05) is 18.1 Å². The van der Waals surface area contributed by atoms with E-state index in [1.54, 1.807) is 23.5 Å². The number of hydrogen-bond donors (Lipinski definition) is 2. The van der Waals surface area contributed by atoms with Crippen LogP contribution in [0.1, 0.15) is 41.2 Å². The molecule has 0 fully saturated rings. The Balaban J connectivity index is 2.05. The molecule has 2 aromatic rings. The number of nitrogens with zero attached hydrogens (tertiary/aromatic N) is 1. The van der Waals surface area contributed by atoms with Gasteiger partial charge in [0.1, 0.15) is 5.01 Å². The fourth-order valence-corrected chi connectivity index (χ4v) is 2.76. The number of thiazole rings is 1. The molecule has 0 aliphatic heterocycles. The third kappa shape index (κ3) is 3.23. The van der Waals surface area contributed by atoms with Gasteiger partial charge in [0.2, 0.25) is 0 Å². The zero-order valence-corrected chi connectivity index (χ0v) is 12.4. The number of aromatic nitrogens is 1. The molecule has 20 heavy (non-hydrogen) atoms. The Morgan fingerprint density at radius 3 is 2.60 bits per heavy atom.